The monoisotopic (exact) mass is 695 g/mol. The predicted octanol–water partition coefficient (Wildman–Crippen LogP) is 10.1. The molecule has 0 aliphatic carbocycles. The summed E-state index contributed by atoms with van der Waals surface area (Å²) in [6, 6.07) is 55.2. The number of quaternary nitrogens is 2. The van der Waals surface area contributed by atoms with Gasteiger partial charge in [-0.15, -0.1) is 22.7 Å². The standard InChI is InChI=1S/C45H31N3OS2/c1-2-11-26(12-3-1)43-46-44(48-45(47-43)34-19-10-22-39-40(34)33-14-5-7-21-37(33)50-39)27-23-24-38-35(25-27)32-18-9-17-31(42(32)51-38)30-16-8-15-29-28-13-4-6-20-36(28)49-41(29)30/h1-25,43-48H/p+2. The fourth-order valence-electron chi connectivity index (χ4n) is 8.33. The lowest BCUT2D eigenvalue weighted by molar-refractivity contribution is -0.974. The Balaban J connectivity index is 1.04. The average Bonchev–Trinajstić information content (AvgIpc) is 3.89. The first-order chi connectivity index (χ1) is 25.3. The van der Waals surface area contributed by atoms with Crippen LogP contribution in [0.25, 0.3) is 73.4 Å². The van der Waals surface area contributed by atoms with Crippen molar-refractivity contribution < 1.29 is 15.1 Å². The van der Waals surface area contributed by atoms with Crippen LogP contribution < -0.4 is 16.0 Å². The Kier molecular flexibility index (Phi) is 6.69. The molecule has 1 fully saturated rings. The maximum absolute atomic E-state index is 6.49. The van der Waals surface area contributed by atoms with E-state index in [1.807, 2.05) is 28.7 Å². The Labute approximate surface area is 302 Å². The fraction of sp³-hybridized carbons (Fsp3) is 0.0667. The van der Waals surface area contributed by atoms with Crippen molar-refractivity contribution in [3.63, 3.8) is 0 Å². The number of benzene rings is 7. The van der Waals surface area contributed by atoms with Gasteiger partial charge in [-0.2, -0.15) is 0 Å². The fourth-order valence-corrected chi connectivity index (χ4v) is 10.7. The number of furan rings is 1. The molecule has 10 aromatic rings. The zero-order valence-electron chi connectivity index (χ0n) is 27.5. The third-order valence-electron chi connectivity index (χ3n) is 10.7. The number of hydrogen-bond acceptors (Lipinski definition) is 4. The molecule has 1 saturated heterocycles. The summed E-state index contributed by atoms with van der Waals surface area (Å²) in [5, 5.41) is 16.7. The molecule has 0 amide bonds. The van der Waals surface area contributed by atoms with Crippen molar-refractivity contribution in [2.45, 2.75) is 18.5 Å². The van der Waals surface area contributed by atoms with Crippen LogP contribution in [0.3, 0.4) is 0 Å². The first kappa shape index (κ1) is 29.4. The van der Waals surface area contributed by atoms with Crippen LogP contribution in [-0.4, -0.2) is 0 Å². The maximum atomic E-state index is 6.49. The number of nitrogens with two attached hydrogens (primary N) is 2. The van der Waals surface area contributed by atoms with Crippen LogP contribution in [0.2, 0.25) is 0 Å². The first-order valence-corrected chi connectivity index (χ1v) is 19.2. The smallest absolute Gasteiger partial charge is 0.240 e. The molecular weight excluding hydrogens is 663 g/mol. The molecule has 3 aromatic heterocycles. The summed E-state index contributed by atoms with van der Waals surface area (Å²) < 4.78 is 11.8. The Hall–Kier alpha value is -5.34. The summed E-state index contributed by atoms with van der Waals surface area (Å²) in [5.74, 6) is 0. The van der Waals surface area contributed by atoms with Gasteiger partial charge in [-0.25, -0.2) is 5.32 Å². The van der Waals surface area contributed by atoms with Crippen LogP contribution in [0.5, 0.6) is 0 Å². The SMILES string of the molecule is c1ccc(C2NC(c3ccc4sc5c(-c6cccc7c6oc6ccccc67)cccc5c4c3)[NH2+]C(c3cccc4sc5ccccc5c34)[NH2+]2)cc1. The highest BCUT2D eigenvalue weighted by molar-refractivity contribution is 7.26. The highest BCUT2D eigenvalue weighted by Gasteiger charge is 2.38. The van der Waals surface area contributed by atoms with Gasteiger partial charge in [0.05, 0.1) is 5.56 Å². The topological polar surface area (TPSA) is 58.4 Å². The molecule has 0 bridgehead atoms. The van der Waals surface area contributed by atoms with Gasteiger partial charge in [-0.1, -0.05) is 115 Å². The number of fused-ring (bicyclic) bond motifs is 9. The Morgan fingerprint density at radius 1 is 0.490 bits per heavy atom. The highest BCUT2D eigenvalue weighted by atomic mass is 32.1. The predicted molar refractivity (Wildman–Crippen MR) is 213 cm³/mol. The van der Waals surface area contributed by atoms with Crippen LogP contribution >= 0.6 is 22.7 Å². The molecule has 51 heavy (non-hydrogen) atoms. The van der Waals surface area contributed by atoms with E-state index in [1.165, 1.54) is 62.6 Å². The lowest BCUT2D eigenvalue weighted by Gasteiger charge is -2.33. The molecule has 6 heteroatoms. The number of nitrogens with one attached hydrogen (secondary N) is 1. The summed E-state index contributed by atoms with van der Waals surface area (Å²) >= 11 is 3.77. The average molecular weight is 696 g/mol. The third kappa shape index (κ3) is 4.69. The van der Waals surface area contributed by atoms with E-state index < -0.39 is 0 Å². The Bertz CT molecular complexity index is 2940. The summed E-state index contributed by atoms with van der Waals surface area (Å²) in [7, 11) is 0. The molecule has 1 aliphatic heterocycles. The minimum atomic E-state index is 0.0668. The second kappa shape index (κ2) is 11.6. The van der Waals surface area contributed by atoms with E-state index in [9.17, 15) is 0 Å². The molecule has 3 unspecified atom stereocenters. The minimum Gasteiger partial charge on any atom is -0.455 e. The number of hydrogen-bond donors (Lipinski definition) is 3. The van der Waals surface area contributed by atoms with E-state index in [1.54, 1.807) is 0 Å². The van der Waals surface area contributed by atoms with Gasteiger partial charge in [0.2, 0.25) is 6.17 Å². The molecule has 0 saturated carbocycles. The summed E-state index contributed by atoms with van der Waals surface area (Å²) in [5.41, 5.74) is 8.19. The number of thiophene rings is 2. The molecule has 4 nitrogen and oxygen atoms in total. The van der Waals surface area contributed by atoms with E-state index in [0.29, 0.717) is 0 Å². The van der Waals surface area contributed by atoms with E-state index in [-0.39, 0.29) is 18.5 Å². The maximum Gasteiger partial charge on any atom is 0.240 e. The van der Waals surface area contributed by atoms with Gasteiger partial charge in [-0.05, 0) is 36.4 Å². The summed E-state index contributed by atoms with van der Waals surface area (Å²) in [4.78, 5) is 0. The number of rotatable bonds is 4. The van der Waals surface area contributed by atoms with Gasteiger partial charge >= 0.3 is 0 Å². The molecule has 0 radical (unpaired) electrons. The van der Waals surface area contributed by atoms with E-state index in [2.05, 4.69) is 162 Å². The lowest BCUT2D eigenvalue weighted by atomic mass is 9.98. The Morgan fingerprint density at radius 3 is 2.08 bits per heavy atom. The van der Waals surface area contributed by atoms with Crippen LogP contribution in [0.1, 0.15) is 35.2 Å². The van der Waals surface area contributed by atoms with E-state index in [4.69, 9.17) is 4.42 Å². The zero-order chi connectivity index (χ0) is 33.5. The van der Waals surface area contributed by atoms with E-state index >= 15 is 0 Å². The minimum absolute atomic E-state index is 0.0668. The molecule has 3 atom stereocenters. The third-order valence-corrected chi connectivity index (χ3v) is 13.0. The molecule has 1 aliphatic rings. The van der Waals surface area contributed by atoms with Crippen molar-refractivity contribution >= 4 is 85.0 Å². The van der Waals surface area contributed by atoms with Crippen molar-refractivity contribution in [1.82, 2.24) is 5.32 Å². The summed E-state index contributed by atoms with van der Waals surface area (Å²) in [6.07, 6.45) is 0.350. The van der Waals surface area contributed by atoms with Crippen LogP contribution in [0, 0.1) is 0 Å². The molecule has 0 spiro atoms. The summed E-state index contributed by atoms with van der Waals surface area (Å²) in [6.45, 7) is 0. The molecule has 7 aromatic carbocycles. The number of para-hydroxylation sites is 2. The second-order valence-corrected chi connectivity index (χ2v) is 15.7. The van der Waals surface area contributed by atoms with Crippen LogP contribution in [-0.2, 0) is 0 Å². The van der Waals surface area contributed by atoms with Gasteiger partial charge < -0.3 is 4.42 Å². The van der Waals surface area contributed by atoms with Crippen molar-refractivity contribution in [3.05, 3.63) is 168 Å². The molecule has 4 heterocycles. The molecule has 244 valence electrons. The first-order valence-electron chi connectivity index (χ1n) is 17.5. The van der Waals surface area contributed by atoms with Crippen molar-refractivity contribution in [3.8, 4) is 11.1 Å². The van der Waals surface area contributed by atoms with Gasteiger partial charge in [0.1, 0.15) is 11.2 Å². The molecule has 11 rings (SSSR count). The largest absolute Gasteiger partial charge is 0.455 e. The second-order valence-electron chi connectivity index (χ2n) is 13.6. The van der Waals surface area contributed by atoms with Crippen molar-refractivity contribution in [2.75, 3.05) is 0 Å². The lowest BCUT2D eigenvalue weighted by Crippen LogP contribution is -3.12. The van der Waals surface area contributed by atoms with Gasteiger partial charge in [0, 0.05) is 73.4 Å². The Morgan fingerprint density at radius 2 is 1.18 bits per heavy atom. The van der Waals surface area contributed by atoms with Crippen molar-refractivity contribution in [2.24, 2.45) is 0 Å². The zero-order valence-corrected chi connectivity index (χ0v) is 29.2. The van der Waals surface area contributed by atoms with Gasteiger partial charge in [0.25, 0.3) is 0 Å². The van der Waals surface area contributed by atoms with Crippen LogP contribution in [0.4, 0.5) is 0 Å². The van der Waals surface area contributed by atoms with Gasteiger partial charge in [-0.3, -0.25) is 10.6 Å². The van der Waals surface area contributed by atoms with Crippen LogP contribution in [0.15, 0.2) is 156 Å². The molecular formula is C45H33N3OS2+2. The van der Waals surface area contributed by atoms with E-state index in [0.717, 1.165) is 27.5 Å². The molecule has 5 N–H and O–H groups in total. The quantitative estimate of drug-likeness (QED) is 0.172. The van der Waals surface area contributed by atoms with Crippen molar-refractivity contribution in [1.29, 1.82) is 0 Å². The normalized spacial score (nSPS) is 18.2. The highest BCUT2D eigenvalue weighted by Crippen LogP contribution is 2.44. The van der Waals surface area contributed by atoms with Gasteiger partial charge in [0.15, 0.2) is 12.3 Å².